The molecule has 1 aromatic carbocycles. The zero-order valence-electron chi connectivity index (χ0n) is 10.3. The molecule has 5 heteroatoms. The van der Waals surface area contributed by atoms with Crippen molar-refractivity contribution in [2.24, 2.45) is 0 Å². The van der Waals surface area contributed by atoms with Gasteiger partial charge in [0.15, 0.2) is 0 Å². The van der Waals surface area contributed by atoms with Gasteiger partial charge in [-0.05, 0) is 31.0 Å². The molecule has 1 unspecified atom stereocenters. The first kappa shape index (κ1) is 12.6. The fourth-order valence-corrected chi connectivity index (χ4v) is 2.00. The van der Waals surface area contributed by atoms with Gasteiger partial charge in [-0.25, -0.2) is 0 Å². The molecule has 18 heavy (non-hydrogen) atoms. The van der Waals surface area contributed by atoms with Crippen LogP contribution in [-0.4, -0.2) is 35.8 Å². The lowest BCUT2D eigenvalue weighted by molar-refractivity contribution is -0.139. The summed E-state index contributed by atoms with van der Waals surface area (Å²) in [6.45, 7) is 2.77. The standard InChI is InChI=1S/C13H17N3O2/c1-9-13(18)15-12(17)8-16(9)7-6-10-2-4-11(14)5-3-10/h2-5,9H,6-8,14H2,1H3,(H,15,17,18). The molecule has 0 aliphatic carbocycles. The Labute approximate surface area is 106 Å². The SMILES string of the molecule is CC1C(=O)NC(=O)CN1CCc1ccc(N)cc1. The summed E-state index contributed by atoms with van der Waals surface area (Å²) in [7, 11) is 0. The van der Waals surface area contributed by atoms with Crippen molar-refractivity contribution in [2.45, 2.75) is 19.4 Å². The first-order valence-corrected chi connectivity index (χ1v) is 5.98. The van der Waals surface area contributed by atoms with Crippen LogP contribution in [0.25, 0.3) is 0 Å². The second kappa shape index (κ2) is 5.18. The maximum absolute atomic E-state index is 11.5. The predicted molar refractivity (Wildman–Crippen MR) is 68.7 cm³/mol. The van der Waals surface area contributed by atoms with E-state index >= 15 is 0 Å². The summed E-state index contributed by atoms with van der Waals surface area (Å²) in [6.07, 6.45) is 0.797. The number of imide groups is 1. The van der Waals surface area contributed by atoms with Gasteiger partial charge in [-0.1, -0.05) is 12.1 Å². The summed E-state index contributed by atoms with van der Waals surface area (Å²) in [6, 6.07) is 7.38. The number of nitrogens with one attached hydrogen (secondary N) is 1. The van der Waals surface area contributed by atoms with Crippen molar-refractivity contribution in [3.8, 4) is 0 Å². The molecular weight excluding hydrogens is 230 g/mol. The summed E-state index contributed by atoms with van der Waals surface area (Å²) >= 11 is 0. The van der Waals surface area contributed by atoms with Gasteiger partial charge in [-0.2, -0.15) is 0 Å². The topological polar surface area (TPSA) is 75.4 Å². The molecule has 96 valence electrons. The number of hydrogen-bond acceptors (Lipinski definition) is 4. The van der Waals surface area contributed by atoms with Crippen LogP contribution < -0.4 is 11.1 Å². The Hall–Kier alpha value is -1.88. The van der Waals surface area contributed by atoms with Gasteiger partial charge >= 0.3 is 0 Å². The minimum absolute atomic E-state index is 0.219. The zero-order chi connectivity index (χ0) is 13.1. The van der Waals surface area contributed by atoms with Crippen molar-refractivity contribution in [1.82, 2.24) is 10.2 Å². The molecule has 2 amide bonds. The Kier molecular flexibility index (Phi) is 3.62. The van der Waals surface area contributed by atoms with E-state index in [4.69, 9.17) is 5.73 Å². The predicted octanol–water partition coefficient (Wildman–Crippen LogP) is 0.158. The maximum Gasteiger partial charge on any atom is 0.243 e. The van der Waals surface area contributed by atoms with Crippen molar-refractivity contribution in [1.29, 1.82) is 0 Å². The fourth-order valence-electron chi connectivity index (χ4n) is 2.00. The van der Waals surface area contributed by atoms with Crippen molar-refractivity contribution in [3.05, 3.63) is 29.8 Å². The lowest BCUT2D eigenvalue weighted by Gasteiger charge is -2.31. The van der Waals surface area contributed by atoms with Gasteiger partial charge in [0.2, 0.25) is 11.8 Å². The highest BCUT2D eigenvalue weighted by molar-refractivity contribution is 6.00. The first-order chi connectivity index (χ1) is 8.56. The number of carbonyl (C=O) groups excluding carboxylic acids is 2. The summed E-state index contributed by atoms with van der Waals surface area (Å²) in [5.41, 5.74) is 7.50. The largest absolute Gasteiger partial charge is 0.399 e. The quantitative estimate of drug-likeness (QED) is 0.589. The Morgan fingerprint density at radius 2 is 2.00 bits per heavy atom. The number of amides is 2. The minimum Gasteiger partial charge on any atom is -0.399 e. The molecule has 2 rings (SSSR count). The number of nitrogens with two attached hydrogens (primary N) is 1. The molecule has 0 aromatic heterocycles. The van der Waals surface area contributed by atoms with Crippen molar-refractivity contribution >= 4 is 17.5 Å². The van der Waals surface area contributed by atoms with E-state index in [0.29, 0.717) is 6.54 Å². The third-order valence-electron chi connectivity index (χ3n) is 3.20. The second-order valence-corrected chi connectivity index (χ2v) is 4.55. The molecule has 1 aliphatic rings. The number of anilines is 1. The highest BCUT2D eigenvalue weighted by Gasteiger charge is 2.29. The molecule has 0 spiro atoms. The second-order valence-electron chi connectivity index (χ2n) is 4.55. The van der Waals surface area contributed by atoms with Crippen LogP contribution in [0.1, 0.15) is 12.5 Å². The van der Waals surface area contributed by atoms with E-state index in [1.165, 1.54) is 0 Å². The Bertz CT molecular complexity index is 456. The summed E-state index contributed by atoms with van der Waals surface area (Å²) in [4.78, 5) is 24.7. The first-order valence-electron chi connectivity index (χ1n) is 5.98. The smallest absolute Gasteiger partial charge is 0.243 e. The highest BCUT2D eigenvalue weighted by atomic mass is 16.2. The van der Waals surface area contributed by atoms with Gasteiger partial charge in [0.1, 0.15) is 0 Å². The number of piperazine rings is 1. The van der Waals surface area contributed by atoms with Crippen LogP contribution in [0.2, 0.25) is 0 Å². The minimum atomic E-state index is -0.253. The van der Waals surface area contributed by atoms with E-state index < -0.39 is 0 Å². The van der Waals surface area contributed by atoms with E-state index in [-0.39, 0.29) is 24.4 Å². The van der Waals surface area contributed by atoms with Gasteiger partial charge in [0, 0.05) is 12.2 Å². The van der Waals surface area contributed by atoms with Crippen LogP contribution in [0, 0.1) is 0 Å². The summed E-state index contributed by atoms with van der Waals surface area (Å²) in [5.74, 6) is -0.445. The molecular formula is C13H17N3O2. The molecule has 1 fully saturated rings. The highest BCUT2D eigenvalue weighted by Crippen LogP contribution is 2.09. The molecule has 0 bridgehead atoms. The number of rotatable bonds is 3. The zero-order valence-corrected chi connectivity index (χ0v) is 10.3. The average Bonchev–Trinajstić information content (AvgIpc) is 2.34. The summed E-state index contributed by atoms with van der Waals surface area (Å²) in [5, 5.41) is 2.33. The third kappa shape index (κ3) is 2.87. The van der Waals surface area contributed by atoms with Crippen LogP contribution in [0.3, 0.4) is 0 Å². The van der Waals surface area contributed by atoms with E-state index in [9.17, 15) is 9.59 Å². The van der Waals surface area contributed by atoms with Gasteiger partial charge in [-0.15, -0.1) is 0 Å². The van der Waals surface area contributed by atoms with Gasteiger partial charge in [-0.3, -0.25) is 19.8 Å². The maximum atomic E-state index is 11.5. The Morgan fingerprint density at radius 3 is 2.67 bits per heavy atom. The lowest BCUT2D eigenvalue weighted by Crippen LogP contribution is -2.57. The van der Waals surface area contributed by atoms with Crippen LogP contribution in [0.4, 0.5) is 5.69 Å². The number of nitrogens with zero attached hydrogens (tertiary/aromatic N) is 1. The number of hydrogen-bond donors (Lipinski definition) is 2. The van der Waals surface area contributed by atoms with Crippen LogP contribution in [0.15, 0.2) is 24.3 Å². The molecule has 1 aliphatic heterocycles. The van der Waals surface area contributed by atoms with Crippen LogP contribution >= 0.6 is 0 Å². The van der Waals surface area contributed by atoms with E-state index in [0.717, 1.165) is 17.7 Å². The number of benzene rings is 1. The normalized spacial score (nSPS) is 20.8. The summed E-state index contributed by atoms with van der Waals surface area (Å²) < 4.78 is 0. The van der Waals surface area contributed by atoms with Crippen LogP contribution in [-0.2, 0) is 16.0 Å². The van der Waals surface area contributed by atoms with E-state index in [2.05, 4.69) is 5.32 Å². The van der Waals surface area contributed by atoms with E-state index in [1.807, 2.05) is 36.1 Å². The Morgan fingerprint density at radius 1 is 1.33 bits per heavy atom. The number of carbonyl (C=O) groups is 2. The molecule has 5 nitrogen and oxygen atoms in total. The third-order valence-corrected chi connectivity index (χ3v) is 3.20. The van der Waals surface area contributed by atoms with Crippen molar-refractivity contribution in [3.63, 3.8) is 0 Å². The van der Waals surface area contributed by atoms with Crippen LogP contribution in [0.5, 0.6) is 0 Å². The molecule has 0 saturated carbocycles. The van der Waals surface area contributed by atoms with Crippen molar-refractivity contribution in [2.75, 3.05) is 18.8 Å². The number of nitrogen functional groups attached to an aromatic ring is 1. The molecule has 1 aromatic rings. The van der Waals surface area contributed by atoms with E-state index in [1.54, 1.807) is 0 Å². The van der Waals surface area contributed by atoms with Gasteiger partial charge in [0.25, 0.3) is 0 Å². The monoisotopic (exact) mass is 247 g/mol. The Balaban J connectivity index is 1.94. The van der Waals surface area contributed by atoms with Gasteiger partial charge in [0.05, 0.1) is 12.6 Å². The molecule has 1 heterocycles. The molecule has 3 N–H and O–H groups in total. The van der Waals surface area contributed by atoms with Crippen molar-refractivity contribution < 1.29 is 9.59 Å². The fraction of sp³-hybridized carbons (Fsp3) is 0.385. The lowest BCUT2D eigenvalue weighted by atomic mass is 10.1. The molecule has 1 atom stereocenters. The van der Waals surface area contributed by atoms with Gasteiger partial charge < -0.3 is 5.73 Å². The molecule has 0 radical (unpaired) electrons. The molecule has 1 saturated heterocycles. The average molecular weight is 247 g/mol.